The highest BCUT2D eigenvalue weighted by atomic mass is 32.2. The van der Waals surface area contributed by atoms with Crippen molar-refractivity contribution in [2.24, 2.45) is 7.05 Å². The number of aryl methyl sites for hydroxylation is 1. The van der Waals surface area contributed by atoms with Crippen molar-refractivity contribution >= 4 is 17.7 Å². The van der Waals surface area contributed by atoms with Gasteiger partial charge < -0.3 is 9.30 Å². The highest BCUT2D eigenvalue weighted by Crippen LogP contribution is 2.18. The molecule has 0 spiro atoms. The number of hydrogen-bond donors (Lipinski definition) is 0. The number of esters is 1. The highest BCUT2D eigenvalue weighted by Gasteiger charge is 2.08. The summed E-state index contributed by atoms with van der Waals surface area (Å²) in [5.74, 6) is -0.165. The second kappa shape index (κ2) is 5.10. The van der Waals surface area contributed by atoms with Gasteiger partial charge in [-0.25, -0.2) is 0 Å². The summed E-state index contributed by atoms with van der Waals surface area (Å²) in [7, 11) is 1.94. The number of carbonyl (C=O) groups is 1. The predicted molar refractivity (Wildman–Crippen MR) is 57.5 cm³/mol. The maximum absolute atomic E-state index is 11.2. The molecule has 1 aromatic heterocycles. The van der Waals surface area contributed by atoms with Gasteiger partial charge in [0.2, 0.25) is 0 Å². The molecule has 0 radical (unpaired) electrons. The van der Waals surface area contributed by atoms with Crippen molar-refractivity contribution in [2.75, 3.05) is 12.9 Å². The second-order valence-electron chi connectivity index (χ2n) is 2.96. The van der Waals surface area contributed by atoms with Gasteiger partial charge >= 0.3 is 5.97 Å². The van der Waals surface area contributed by atoms with Crippen LogP contribution in [0.4, 0.5) is 0 Å². The summed E-state index contributed by atoms with van der Waals surface area (Å²) in [5, 5.41) is 0. The van der Waals surface area contributed by atoms with Crippen LogP contribution in [0.2, 0.25) is 0 Å². The van der Waals surface area contributed by atoms with E-state index in [1.165, 1.54) is 4.90 Å². The molecule has 3 nitrogen and oxygen atoms in total. The van der Waals surface area contributed by atoms with E-state index in [9.17, 15) is 4.79 Å². The van der Waals surface area contributed by atoms with Crippen LogP contribution < -0.4 is 0 Å². The van der Waals surface area contributed by atoms with Crippen LogP contribution in [0.1, 0.15) is 12.6 Å². The van der Waals surface area contributed by atoms with Gasteiger partial charge in [-0.15, -0.1) is 11.8 Å². The Labute approximate surface area is 88.4 Å². The largest absolute Gasteiger partial charge is 0.466 e. The second-order valence-corrected chi connectivity index (χ2v) is 3.84. The lowest BCUT2D eigenvalue weighted by Crippen LogP contribution is -2.09. The molecule has 4 heteroatoms. The fourth-order valence-corrected chi connectivity index (χ4v) is 1.74. The maximum Gasteiger partial charge on any atom is 0.311 e. The number of ether oxygens (including phenoxy) is 1. The summed E-state index contributed by atoms with van der Waals surface area (Å²) in [6, 6.07) is 2.02. The third-order valence-corrected chi connectivity index (χ3v) is 2.64. The summed E-state index contributed by atoms with van der Waals surface area (Å²) in [4.78, 5) is 12.4. The van der Waals surface area contributed by atoms with E-state index in [4.69, 9.17) is 4.74 Å². The first-order chi connectivity index (χ1) is 6.67. The number of nitrogens with zero attached hydrogens (tertiary/aromatic N) is 1. The zero-order valence-electron chi connectivity index (χ0n) is 8.74. The smallest absolute Gasteiger partial charge is 0.311 e. The molecule has 1 rings (SSSR count). The summed E-state index contributed by atoms with van der Waals surface area (Å²) in [5.41, 5.74) is 0.993. The minimum absolute atomic E-state index is 0.165. The molecule has 0 aliphatic rings. The van der Waals surface area contributed by atoms with E-state index in [0.29, 0.717) is 13.0 Å². The van der Waals surface area contributed by atoms with Gasteiger partial charge in [0.15, 0.2) is 0 Å². The van der Waals surface area contributed by atoms with E-state index in [0.717, 1.165) is 5.69 Å². The van der Waals surface area contributed by atoms with E-state index in [2.05, 4.69) is 0 Å². The standard InChI is InChI=1S/C10H15NO2S/c1-4-13-10(12)6-8-5-9(14-3)7-11(8)2/h5,7H,4,6H2,1-3H3. The average molecular weight is 213 g/mol. The van der Waals surface area contributed by atoms with Crippen molar-refractivity contribution in [1.82, 2.24) is 4.57 Å². The molecule has 1 heterocycles. The Bertz CT molecular complexity index is 320. The van der Waals surface area contributed by atoms with Crippen molar-refractivity contribution < 1.29 is 9.53 Å². The van der Waals surface area contributed by atoms with Crippen LogP contribution >= 0.6 is 11.8 Å². The minimum atomic E-state index is -0.165. The third-order valence-electron chi connectivity index (χ3n) is 1.95. The first kappa shape index (κ1) is 11.2. The fourth-order valence-electron chi connectivity index (χ4n) is 1.22. The SMILES string of the molecule is CCOC(=O)Cc1cc(SC)cn1C. The highest BCUT2D eigenvalue weighted by molar-refractivity contribution is 7.98. The van der Waals surface area contributed by atoms with Crippen LogP contribution in [-0.2, 0) is 23.0 Å². The number of carbonyl (C=O) groups excluding carboxylic acids is 1. The Kier molecular flexibility index (Phi) is 4.07. The van der Waals surface area contributed by atoms with E-state index < -0.39 is 0 Å². The Hall–Kier alpha value is -0.900. The van der Waals surface area contributed by atoms with Crippen LogP contribution in [0.25, 0.3) is 0 Å². The topological polar surface area (TPSA) is 31.2 Å². The molecule has 78 valence electrons. The minimum Gasteiger partial charge on any atom is -0.466 e. The average Bonchev–Trinajstić information content (AvgIpc) is 2.48. The lowest BCUT2D eigenvalue weighted by atomic mass is 10.3. The molecule has 0 atom stereocenters. The van der Waals surface area contributed by atoms with E-state index in [1.54, 1.807) is 11.8 Å². The van der Waals surface area contributed by atoms with Gasteiger partial charge in [-0.2, -0.15) is 0 Å². The first-order valence-electron chi connectivity index (χ1n) is 4.52. The van der Waals surface area contributed by atoms with Crippen LogP contribution in [0.15, 0.2) is 17.2 Å². The summed E-state index contributed by atoms with van der Waals surface area (Å²) in [6.45, 7) is 2.26. The van der Waals surface area contributed by atoms with Crippen LogP contribution in [0.5, 0.6) is 0 Å². The fraction of sp³-hybridized carbons (Fsp3) is 0.500. The molecule has 0 saturated carbocycles. The molecule has 0 aliphatic heterocycles. The lowest BCUT2D eigenvalue weighted by Gasteiger charge is -2.02. The van der Waals surface area contributed by atoms with Gasteiger partial charge in [0.1, 0.15) is 0 Å². The molecule has 1 aromatic rings. The van der Waals surface area contributed by atoms with Gasteiger partial charge in [0.05, 0.1) is 13.0 Å². The number of thioether (sulfide) groups is 1. The monoisotopic (exact) mass is 213 g/mol. The Morgan fingerprint density at radius 1 is 1.64 bits per heavy atom. The summed E-state index contributed by atoms with van der Waals surface area (Å²) >= 11 is 1.67. The Balaban J connectivity index is 2.66. The molecule has 0 fully saturated rings. The summed E-state index contributed by atoms with van der Waals surface area (Å²) in [6.07, 6.45) is 4.38. The molecule has 0 unspecified atom stereocenters. The molecule has 0 saturated heterocycles. The maximum atomic E-state index is 11.2. The molecule has 0 bridgehead atoms. The zero-order chi connectivity index (χ0) is 10.6. The van der Waals surface area contributed by atoms with Gasteiger partial charge in [-0.3, -0.25) is 4.79 Å². The zero-order valence-corrected chi connectivity index (χ0v) is 9.56. The van der Waals surface area contributed by atoms with Gasteiger partial charge in [0.25, 0.3) is 0 Å². The van der Waals surface area contributed by atoms with Crippen LogP contribution in [0, 0.1) is 0 Å². The van der Waals surface area contributed by atoms with Crippen molar-refractivity contribution in [2.45, 2.75) is 18.2 Å². The molecular formula is C10H15NO2S. The molecule has 0 aliphatic carbocycles. The van der Waals surface area contributed by atoms with Crippen molar-refractivity contribution in [3.05, 3.63) is 18.0 Å². The lowest BCUT2D eigenvalue weighted by molar-refractivity contribution is -0.142. The molecular weight excluding hydrogens is 198 g/mol. The number of hydrogen-bond acceptors (Lipinski definition) is 3. The normalized spacial score (nSPS) is 10.2. The first-order valence-corrected chi connectivity index (χ1v) is 5.74. The Morgan fingerprint density at radius 2 is 2.36 bits per heavy atom. The van der Waals surface area contributed by atoms with Crippen molar-refractivity contribution in [3.63, 3.8) is 0 Å². The van der Waals surface area contributed by atoms with Crippen molar-refractivity contribution in [1.29, 1.82) is 0 Å². The molecule has 0 amide bonds. The molecule has 0 N–H and O–H groups in total. The molecule has 14 heavy (non-hydrogen) atoms. The van der Waals surface area contributed by atoms with Gasteiger partial charge in [-0.05, 0) is 19.2 Å². The van der Waals surface area contributed by atoms with Gasteiger partial charge in [0, 0.05) is 23.8 Å². The number of aromatic nitrogens is 1. The summed E-state index contributed by atoms with van der Waals surface area (Å²) < 4.78 is 6.85. The predicted octanol–water partition coefficient (Wildman–Crippen LogP) is 1.85. The van der Waals surface area contributed by atoms with E-state index in [1.807, 2.05) is 37.1 Å². The quantitative estimate of drug-likeness (QED) is 0.565. The van der Waals surface area contributed by atoms with E-state index in [-0.39, 0.29) is 5.97 Å². The van der Waals surface area contributed by atoms with Crippen molar-refractivity contribution in [3.8, 4) is 0 Å². The van der Waals surface area contributed by atoms with E-state index >= 15 is 0 Å². The molecule has 0 aromatic carbocycles. The number of rotatable bonds is 4. The Morgan fingerprint density at radius 3 is 2.86 bits per heavy atom. The van der Waals surface area contributed by atoms with Gasteiger partial charge in [-0.1, -0.05) is 0 Å². The van der Waals surface area contributed by atoms with Crippen LogP contribution in [-0.4, -0.2) is 23.4 Å². The third kappa shape index (κ3) is 2.80. The van der Waals surface area contributed by atoms with Crippen LogP contribution in [0.3, 0.4) is 0 Å².